The summed E-state index contributed by atoms with van der Waals surface area (Å²) in [6.45, 7) is 5.66. The molecule has 0 fully saturated rings. The molecule has 0 aliphatic carbocycles. The number of amides is 1. The van der Waals surface area contributed by atoms with Gasteiger partial charge in [0.2, 0.25) is 5.91 Å². The molecular weight excluding hydrogens is 288 g/mol. The molecule has 0 saturated heterocycles. The minimum atomic E-state index is -0.0941. The fourth-order valence-corrected chi connectivity index (χ4v) is 2.88. The first-order valence-electron chi connectivity index (χ1n) is 5.31. The molecule has 0 aliphatic rings. The fraction of sp³-hybridized carbons (Fsp3) is 0.545. The van der Waals surface area contributed by atoms with Crippen LogP contribution in [0.3, 0.4) is 0 Å². The van der Waals surface area contributed by atoms with E-state index in [1.807, 2.05) is 30.9 Å². The van der Waals surface area contributed by atoms with Gasteiger partial charge in [-0.2, -0.15) is 0 Å². The summed E-state index contributed by atoms with van der Waals surface area (Å²) in [6, 6.07) is 4.04. The van der Waals surface area contributed by atoms with Crippen molar-refractivity contribution in [1.29, 1.82) is 0 Å². The zero-order chi connectivity index (χ0) is 12.1. The van der Waals surface area contributed by atoms with Gasteiger partial charge in [0.05, 0.1) is 10.3 Å². The molecule has 1 atom stereocenters. The number of nitrogens with two attached hydrogens (primary N) is 1. The summed E-state index contributed by atoms with van der Waals surface area (Å²) in [5, 5.41) is 0. The molecule has 0 bridgehead atoms. The highest BCUT2D eigenvalue weighted by Gasteiger charge is 2.18. The Morgan fingerprint density at radius 2 is 2.31 bits per heavy atom. The minimum Gasteiger partial charge on any atom is -0.338 e. The van der Waals surface area contributed by atoms with Gasteiger partial charge >= 0.3 is 0 Å². The average Bonchev–Trinajstić information content (AvgIpc) is 2.69. The third-order valence-corrected chi connectivity index (χ3v) is 4.05. The van der Waals surface area contributed by atoms with E-state index in [0.717, 1.165) is 10.3 Å². The number of halogens is 1. The predicted molar refractivity (Wildman–Crippen MR) is 71.3 cm³/mol. The lowest BCUT2D eigenvalue weighted by atomic mass is 10.1. The van der Waals surface area contributed by atoms with Crippen LogP contribution < -0.4 is 5.73 Å². The molecule has 0 spiro atoms. The van der Waals surface area contributed by atoms with Gasteiger partial charge in [-0.15, -0.1) is 11.3 Å². The van der Waals surface area contributed by atoms with E-state index in [9.17, 15) is 4.79 Å². The summed E-state index contributed by atoms with van der Waals surface area (Å²) < 4.78 is 1.10. The highest BCUT2D eigenvalue weighted by atomic mass is 79.9. The summed E-state index contributed by atoms with van der Waals surface area (Å²) >= 11 is 5.08. The summed E-state index contributed by atoms with van der Waals surface area (Å²) in [4.78, 5) is 15.0. The normalized spacial score (nSPS) is 12.5. The lowest BCUT2D eigenvalue weighted by Gasteiger charge is -2.23. The highest BCUT2D eigenvalue weighted by Crippen LogP contribution is 2.23. The molecule has 1 amide bonds. The van der Waals surface area contributed by atoms with Gasteiger partial charge in [-0.1, -0.05) is 6.92 Å². The molecule has 0 aromatic carbocycles. The van der Waals surface area contributed by atoms with Gasteiger partial charge in [0.25, 0.3) is 0 Å². The van der Waals surface area contributed by atoms with Crippen molar-refractivity contribution in [2.75, 3.05) is 13.1 Å². The SMILES string of the molecule is CCN(Cc1ccc(Br)s1)C(=O)C(C)CN. The zero-order valence-corrected chi connectivity index (χ0v) is 12.0. The number of nitrogens with zero attached hydrogens (tertiary/aromatic N) is 1. The van der Waals surface area contributed by atoms with Crippen LogP contribution in [0.4, 0.5) is 0 Å². The van der Waals surface area contributed by atoms with Gasteiger partial charge in [0, 0.05) is 23.9 Å². The van der Waals surface area contributed by atoms with Crippen molar-refractivity contribution in [2.45, 2.75) is 20.4 Å². The van der Waals surface area contributed by atoms with E-state index in [4.69, 9.17) is 5.73 Å². The predicted octanol–water partition coefficient (Wildman–Crippen LogP) is 2.45. The standard InChI is InChI=1S/C11H17BrN2OS/c1-3-14(11(15)8(2)6-13)7-9-4-5-10(12)16-9/h4-5,8H,3,6-7,13H2,1-2H3. The third kappa shape index (κ3) is 3.57. The Hall–Kier alpha value is -0.390. The molecule has 5 heteroatoms. The fourth-order valence-electron chi connectivity index (χ4n) is 1.38. The molecular formula is C11H17BrN2OS. The van der Waals surface area contributed by atoms with Gasteiger partial charge in [-0.25, -0.2) is 0 Å². The molecule has 0 radical (unpaired) electrons. The molecule has 3 nitrogen and oxygen atoms in total. The Kier molecular flexibility index (Phi) is 5.44. The van der Waals surface area contributed by atoms with Gasteiger partial charge < -0.3 is 10.6 Å². The maximum atomic E-state index is 12.0. The molecule has 1 aromatic heterocycles. The van der Waals surface area contributed by atoms with Gasteiger partial charge in [-0.3, -0.25) is 4.79 Å². The number of hydrogen-bond donors (Lipinski definition) is 1. The number of hydrogen-bond acceptors (Lipinski definition) is 3. The Bertz CT molecular complexity index is 354. The van der Waals surface area contributed by atoms with Crippen LogP contribution in [0.2, 0.25) is 0 Å². The Morgan fingerprint density at radius 1 is 1.62 bits per heavy atom. The second-order valence-corrected chi connectivity index (χ2v) is 6.24. The van der Waals surface area contributed by atoms with Crippen molar-refractivity contribution in [1.82, 2.24) is 4.90 Å². The summed E-state index contributed by atoms with van der Waals surface area (Å²) in [5.41, 5.74) is 5.51. The number of carbonyl (C=O) groups is 1. The molecule has 1 rings (SSSR count). The smallest absolute Gasteiger partial charge is 0.226 e. The van der Waals surface area contributed by atoms with Crippen molar-refractivity contribution in [3.05, 3.63) is 20.8 Å². The van der Waals surface area contributed by atoms with E-state index in [1.54, 1.807) is 11.3 Å². The number of thiophene rings is 1. The Balaban J connectivity index is 2.65. The molecule has 1 aromatic rings. The second kappa shape index (κ2) is 6.37. The van der Waals surface area contributed by atoms with Crippen molar-refractivity contribution < 1.29 is 4.79 Å². The third-order valence-electron chi connectivity index (χ3n) is 2.44. The topological polar surface area (TPSA) is 46.3 Å². The summed E-state index contributed by atoms with van der Waals surface area (Å²) in [5.74, 6) is 0.0397. The molecule has 0 aliphatic heterocycles. The maximum Gasteiger partial charge on any atom is 0.226 e. The Morgan fingerprint density at radius 3 is 2.75 bits per heavy atom. The van der Waals surface area contributed by atoms with E-state index >= 15 is 0 Å². The van der Waals surface area contributed by atoms with Crippen molar-refractivity contribution >= 4 is 33.2 Å². The van der Waals surface area contributed by atoms with E-state index in [2.05, 4.69) is 15.9 Å². The average molecular weight is 305 g/mol. The quantitative estimate of drug-likeness (QED) is 0.908. The van der Waals surface area contributed by atoms with E-state index in [-0.39, 0.29) is 11.8 Å². The first-order valence-corrected chi connectivity index (χ1v) is 6.92. The number of carbonyl (C=O) groups excluding carboxylic acids is 1. The van der Waals surface area contributed by atoms with Crippen molar-refractivity contribution in [2.24, 2.45) is 11.7 Å². The van der Waals surface area contributed by atoms with Crippen LogP contribution in [0.5, 0.6) is 0 Å². The van der Waals surface area contributed by atoms with E-state index in [1.165, 1.54) is 4.88 Å². The first-order chi connectivity index (χ1) is 7.58. The number of rotatable bonds is 5. The Labute approximate surface area is 109 Å². The largest absolute Gasteiger partial charge is 0.338 e. The molecule has 2 N–H and O–H groups in total. The summed E-state index contributed by atoms with van der Waals surface area (Å²) in [7, 11) is 0. The van der Waals surface area contributed by atoms with Gasteiger partial charge in [0.15, 0.2) is 0 Å². The van der Waals surface area contributed by atoms with Crippen LogP contribution in [-0.2, 0) is 11.3 Å². The van der Waals surface area contributed by atoms with E-state index in [0.29, 0.717) is 13.1 Å². The van der Waals surface area contributed by atoms with Crippen LogP contribution >= 0.6 is 27.3 Å². The molecule has 1 heterocycles. The van der Waals surface area contributed by atoms with Crippen LogP contribution in [0, 0.1) is 5.92 Å². The molecule has 90 valence electrons. The van der Waals surface area contributed by atoms with Crippen LogP contribution in [0.1, 0.15) is 18.7 Å². The monoisotopic (exact) mass is 304 g/mol. The van der Waals surface area contributed by atoms with Crippen LogP contribution in [-0.4, -0.2) is 23.9 Å². The highest BCUT2D eigenvalue weighted by molar-refractivity contribution is 9.11. The molecule has 0 saturated carbocycles. The van der Waals surface area contributed by atoms with Gasteiger partial charge in [-0.05, 0) is 35.0 Å². The van der Waals surface area contributed by atoms with Crippen LogP contribution in [0.25, 0.3) is 0 Å². The van der Waals surface area contributed by atoms with Crippen LogP contribution in [0.15, 0.2) is 15.9 Å². The minimum absolute atomic E-state index is 0.0941. The zero-order valence-electron chi connectivity index (χ0n) is 9.57. The maximum absolute atomic E-state index is 12.0. The lowest BCUT2D eigenvalue weighted by Crippen LogP contribution is -2.37. The summed E-state index contributed by atoms with van der Waals surface area (Å²) in [6.07, 6.45) is 0. The van der Waals surface area contributed by atoms with Gasteiger partial charge in [0.1, 0.15) is 0 Å². The lowest BCUT2D eigenvalue weighted by molar-refractivity contribution is -0.135. The molecule has 1 unspecified atom stereocenters. The first kappa shape index (κ1) is 13.7. The van der Waals surface area contributed by atoms with Crippen molar-refractivity contribution in [3.8, 4) is 0 Å². The van der Waals surface area contributed by atoms with Crippen molar-refractivity contribution in [3.63, 3.8) is 0 Å². The van der Waals surface area contributed by atoms with E-state index < -0.39 is 0 Å². The second-order valence-electron chi connectivity index (χ2n) is 3.69. The molecule has 16 heavy (non-hydrogen) atoms.